The molecule has 5 nitrogen and oxygen atoms in total. The fourth-order valence-corrected chi connectivity index (χ4v) is 2.49. The van der Waals surface area contributed by atoms with Crippen LogP contribution in [0, 0.1) is 0 Å². The Balaban J connectivity index is 2.11. The van der Waals surface area contributed by atoms with Gasteiger partial charge in [-0.3, -0.25) is 0 Å². The van der Waals surface area contributed by atoms with Crippen molar-refractivity contribution in [3.63, 3.8) is 0 Å². The minimum atomic E-state index is -4.42. The van der Waals surface area contributed by atoms with Gasteiger partial charge in [0.2, 0.25) is 12.0 Å². The number of hydrogen-bond acceptors (Lipinski definition) is 4. The first-order chi connectivity index (χ1) is 11.8. The molecule has 1 aromatic carbocycles. The van der Waals surface area contributed by atoms with E-state index in [2.05, 4.69) is 0 Å². The molecule has 1 aliphatic heterocycles. The van der Waals surface area contributed by atoms with Crippen LogP contribution < -0.4 is 0 Å². The van der Waals surface area contributed by atoms with Crippen molar-refractivity contribution < 1.29 is 37.7 Å². The lowest BCUT2D eigenvalue weighted by Crippen LogP contribution is -2.27. The van der Waals surface area contributed by atoms with Gasteiger partial charge in [0.25, 0.3) is 0 Å². The zero-order valence-electron chi connectivity index (χ0n) is 13.3. The normalized spacial score (nSPS) is 20.7. The average molecular weight is 360 g/mol. The first kappa shape index (κ1) is 19.3. The number of carbonyl (C=O) groups is 1. The number of aliphatic hydroxyl groups is 1. The third kappa shape index (κ3) is 5.47. The molecule has 0 radical (unpaired) electrons. The van der Waals surface area contributed by atoms with Crippen molar-refractivity contribution in [1.29, 1.82) is 0 Å². The number of alkyl halides is 3. The summed E-state index contributed by atoms with van der Waals surface area (Å²) in [5.41, 5.74) is -0.207. The van der Waals surface area contributed by atoms with Crippen molar-refractivity contribution in [3.05, 3.63) is 47.2 Å². The first-order valence-electron chi connectivity index (χ1n) is 7.82. The Kier molecular flexibility index (Phi) is 6.44. The number of carboxylic acids is 1. The Morgan fingerprint density at radius 1 is 1.24 bits per heavy atom. The Hall–Kier alpha value is -2.06. The van der Waals surface area contributed by atoms with Crippen LogP contribution in [0.1, 0.15) is 36.3 Å². The Morgan fingerprint density at radius 3 is 2.48 bits per heavy atom. The molecule has 0 spiro atoms. The molecule has 25 heavy (non-hydrogen) atoms. The predicted octanol–water partition coefficient (Wildman–Crippen LogP) is 3.29. The van der Waals surface area contributed by atoms with Crippen molar-refractivity contribution in [2.45, 2.75) is 37.6 Å². The zero-order chi connectivity index (χ0) is 18.4. The van der Waals surface area contributed by atoms with Crippen molar-refractivity contribution in [1.82, 2.24) is 0 Å². The molecule has 0 aromatic heterocycles. The number of halogens is 3. The molecule has 0 saturated carbocycles. The van der Waals surface area contributed by atoms with Crippen LogP contribution >= 0.6 is 0 Å². The number of unbranched alkanes of at least 4 members (excludes halogenated alkanes) is 1. The molecule has 138 valence electrons. The number of aliphatic carboxylic acids is 1. The lowest BCUT2D eigenvalue weighted by Gasteiger charge is -2.28. The Bertz CT molecular complexity index is 610. The Labute approximate surface area is 142 Å². The topological polar surface area (TPSA) is 76.0 Å². The van der Waals surface area contributed by atoms with Gasteiger partial charge in [0.15, 0.2) is 0 Å². The van der Waals surface area contributed by atoms with Gasteiger partial charge in [0.1, 0.15) is 0 Å². The molecule has 0 aliphatic carbocycles. The minimum absolute atomic E-state index is 0.0311. The maximum atomic E-state index is 12.6. The predicted molar refractivity (Wildman–Crippen MR) is 81.7 cm³/mol. The summed E-state index contributed by atoms with van der Waals surface area (Å²) >= 11 is 0. The van der Waals surface area contributed by atoms with Gasteiger partial charge in [-0.1, -0.05) is 12.1 Å². The molecule has 0 fully saturated rings. The molecule has 2 atom stereocenters. The van der Waals surface area contributed by atoms with Crippen LogP contribution in [0.2, 0.25) is 0 Å². The second kappa shape index (κ2) is 8.35. The molecule has 0 amide bonds. The molecule has 0 saturated heterocycles. The second-order valence-electron chi connectivity index (χ2n) is 5.65. The SMILES string of the molecule is O=C(O)C1=C[C@H](c2ccc(C(F)(F)F)cc2)C[C@H](OCCCCO)O1. The standard InChI is InChI=1S/C17H19F3O5/c18-17(19,20)13-5-3-11(4-6-13)12-9-14(16(22)23)25-15(10-12)24-8-2-1-7-21/h3-6,9,12,15,21H,1-2,7-8,10H2,(H,22,23)/t12-,15+/m0/s1. The van der Waals surface area contributed by atoms with Crippen molar-refractivity contribution in [2.75, 3.05) is 13.2 Å². The average Bonchev–Trinajstić information content (AvgIpc) is 2.58. The number of carboxylic acid groups (broad SMARTS) is 1. The smallest absolute Gasteiger partial charge is 0.416 e. The van der Waals surface area contributed by atoms with Crippen molar-refractivity contribution in [2.24, 2.45) is 0 Å². The van der Waals surface area contributed by atoms with E-state index in [1.54, 1.807) is 0 Å². The van der Waals surface area contributed by atoms with Gasteiger partial charge in [-0.15, -0.1) is 0 Å². The highest BCUT2D eigenvalue weighted by atomic mass is 19.4. The van der Waals surface area contributed by atoms with Crippen molar-refractivity contribution >= 4 is 5.97 Å². The third-order valence-electron chi connectivity index (χ3n) is 3.79. The molecular formula is C17H19F3O5. The fraction of sp³-hybridized carbons (Fsp3) is 0.471. The molecule has 0 bridgehead atoms. The van der Waals surface area contributed by atoms with Gasteiger partial charge in [-0.25, -0.2) is 4.79 Å². The van der Waals surface area contributed by atoms with Crippen LogP contribution in [-0.4, -0.2) is 35.7 Å². The molecule has 1 heterocycles. The quantitative estimate of drug-likeness (QED) is 0.730. The molecule has 1 aliphatic rings. The number of hydrogen-bond donors (Lipinski definition) is 2. The number of benzene rings is 1. The highest BCUT2D eigenvalue weighted by Crippen LogP contribution is 2.34. The zero-order valence-corrected chi connectivity index (χ0v) is 13.3. The van der Waals surface area contributed by atoms with Gasteiger partial charge in [-0.2, -0.15) is 13.2 Å². The first-order valence-corrected chi connectivity index (χ1v) is 7.82. The molecule has 2 N–H and O–H groups in total. The summed E-state index contributed by atoms with van der Waals surface area (Å²) < 4.78 is 48.7. The summed E-state index contributed by atoms with van der Waals surface area (Å²) in [6, 6.07) is 4.60. The van der Waals surface area contributed by atoms with E-state index in [-0.39, 0.29) is 19.0 Å². The van der Waals surface area contributed by atoms with Gasteiger partial charge in [0.05, 0.1) is 12.2 Å². The lowest BCUT2D eigenvalue weighted by atomic mass is 9.92. The maximum absolute atomic E-state index is 12.6. The maximum Gasteiger partial charge on any atom is 0.416 e. The molecule has 0 unspecified atom stereocenters. The lowest BCUT2D eigenvalue weighted by molar-refractivity contribution is -0.157. The van der Waals surface area contributed by atoms with Crippen LogP contribution in [0.5, 0.6) is 0 Å². The fourth-order valence-electron chi connectivity index (χ4n) is 2.49. The van der Waals surface area contributed by atoms with Gasteiger partial charge in [0, 0.05) is 18.9 Å². The number of rotatable bonds is 7. The number of aliphatic hydroxyl groups excluding tert-OH is 1. The van der Waals surface area contributed by atoms with E-state index < -0.39 is 29.9 Å². The van der Waals surface area contributed by atoms with Gasteiger partial charge in [-0.05, 0) is 36.6 Å². The van der Waals surface area contributed by atoms with E-state index in [0.717, 1.165) is 12.1 Å². The largest absolute Gasteiger partial charge is 0.475 e. The summed E-state index contributed by atoms with van der Waals surface area (Å²) in [4.78, 5) is 11.2. The van der Waals surface area contributed by atoms with Gasteiger partial charge >= 0.3 is 12.1 Å². The Morgan fingerprint density at radius 2 is 1.92 bits per heavy atom. The van der Waals surface area contributed by atoms with E-state index in [9.17, 15) is 18.0 Å². The second-order valence-corrected chi connectivity index (χ2v) is 5.65. The van der Waals surface area contributed by atoms with Crippen LogP contribution in [0.4, 0.5) is 13.2 Å². The van der Waals surface area contributed by atoms with Gasteiger partial charge < -0.3 is 19.7 Å². The van der Waals surface area contributed by atoms with E-state index in [4.69, 9.17) is 19.7 Å². The number of allylic oxidation sites excluding steroid dienone is 1. The number of ether oxygens (including phenoxy) is 2. The summed E-state index contributed by atoms with van der Waals surface area (Å²) in [5, 5.41) is 17.9. The van der Waals surface area contributed by atoms with Crippen molar-refractivity contribution in [3.8, 4) is 0 Å². The minimum Gasteiger partial charge on any atom is -0.475 e. The van der Waals surface area contributed by atoms with Crippen LogP contribution in [-0.2, 0) is 20.4 Å². The van der Waals surface area contributed by atoms with Crippen LogP contribution in [0.15, 0.2) is 36.1 Å². The van der Waals surface area contributed by atoms with Crippen LogP contribution in [0.25, 0.3) is 0 Å². The van der Waals surface area contributed by atoms with E-state index in [1.165, 1.54) is 18.2 Å². The summed E-state index contributed by atoms with van der Waals surface area (Å²) in [5.74, 6) is -1.98. The summed E-state index contributed by atoms with van der Waals surface area (Å²) in [7, 11) is 0. The molecular weight excluding hydrogens is 341 g/mol. The molecule has 2 rings (SSSR count). The molecule has 8 heteroatoms. The molecule has 1 aromatic rings. The van der Waals surface area contributed by atoms with Crippen LogP contribution in [0.3, 0.4) is 0 Å². The summed E-state index contributed by atoms with van der Waals surface area (Å²) in [6.07, 6.45) is -2.42. The highest BCUT2D eigenvalue weighted by molar-refractivity contribution is 5.84. The van der Waals surface area contributed by atoms with E-state index in [1.807, 2.05) is 0 Å². The van der Waals surface area contributed by atoms with E-state index >= 15 is 0 Å². The van der Waals surface area contributed by atoms with E-state index in [0.29, 0.717) is 24.8 Å². The third-order valence-corrected chi connectivity index (χ3v) is 3.79. The monoisotopic (exact) mass is 360 g/mol. The highest BCUT2D eigenvalue weighted by Gasteiger charge is 2.32. The summed E-state index contributed by atoms with van der Waals surface area (Å²) in [6.45, 7) is 0.321.